The second kappa shape index (κ2) is 8.58. The Hall–Kier alpha value is -1.22. The standard InChI is InChI=1S/C19H23Cl2NO/c1-4-14(3)22-11-16-9-17(20)10-18(21)19(16)23-12-15-7-5-13(2)6-8-15/h5-10,14,22H,4,11-12H2,1-3H3. The summed E-state index contributed by atoms with van der Waals surface area (Å²) in [5.41, 5.74) is 3.33. The summed E-state index contributed by atoms with van der Waals surface area (Å²) >= 11 is 12.5. The van der Waals surface area contributed by atoms with Crippen LogP contribution in [-0.4, -0.2) is 6.04 Å². The van der Waals surface area contributed by atoms with Gasteiger partial charge in [-0.2, -0.15) is 0 Å². The lowest BCUT2D eigenvalue weighted by atomic mass is 10.1. The molecule has 124 valence electrons. The van der Waals surface area contributed by atoms with Crippen LogP contribution in [0.25, 0.3) is 0 Å². The minimum Gasteiger partial charge on any atom is -0.487 e. The summed E-state index contributed by atoms with van der Waals surface area (Å²) in [5.74, 6) is 0.701. The molecule has 0 fully saturated rings. The predicted molar refractivity (Wildman–Crippen MR) is 98.6 cm³/mol. The molecule has 0 bridgehead atoms. The zero-order chi connectivity index (χ0) is 16.8. The average molecular weight is 352 g/mol. The van der Waals surface area contributed by atoms with Crippen LogP contribution in [0.1, 0.15) is 37.0 Å². The Labute approximate surface area is 148 Å². The number of rotatable bonds is 7. The van der Waals surface area contributed by atoms with Crippen molar-refractivity contribution in [2.45, 2.75) is 46.4 Å². The summed E-state index contributed by atoms with van der Waals surface area (Å²) in [6.45, 7) is 7.53. The van der Waals surface area contributed by atoms with E-state index in [-0.39, 0.29) is 0 Å². The van der Waals surface area contributed by atoms with Gasteiger partial charge in [-0.25, -0.2) is 0 Å². The van der Waals surface area contributed by atoms with Gasteiger partial charge in [0.15, 0.2) is 0 Å². The van der Waals surface area contributed by atoms with Crippen molar-refractivity contribution in [3.8, 4) is 5.75 Å². The topological polar surface area (TPSA) is 21.3 Å². The van der Waals surface area contributed by atoms with Crippen LogP contribution < -0.4 is 10.1 Å². The van der Waals surface area contributed by atoms with Crippen molar-refractivity contribution < 1.29 is 4.74 Å². The number of ether oxygens (including phenoxy) is 1. The van der Waals surface area contributed by atoms with E-state index in [4.69, 9.17) is 27.9 Å². The zero-order valence-electron chi connectivity index (χ0n) is 13.8. The van der Waals surface area contributed by atoms with Crippen LogP contribution in [0.15, 0.2) is 36.4 Å². The number of halogens is 2. The molecule has 2 nitrogen and oxygen atoms in total. The van der Waals surface area contributed by atoms with Gasteiger partial charge in [0, 0.05) is 23.2 Å². The maximum absolute atomic E-state index is 6.34. The summed E-state index contributed by atoms with van der Waals surface area (Å²) in [6, 6.07) is 12.3. The molecule has 0 saturated carbocycles. The molecule has 23 heavy (non-hydrogen) atoms. The smallest absolute Gasteiger partial charge is 0.142 e. The summed E-state index contributed by atoms with van der Waals surface area (Å²) in [6.07, 6.45) is 1.06. The summed E-state index contributed by atoms with van der Waals surface area (Å²) < 4.78 is 5.98. The molecule has 0 radical (unpaired) electrons. The molecule has 4 heteroatoms. The second-order valence-electron chi connectivity index (χ2n) is 5.84. The zero-order valence-corrected chi connectivity index (χ0v) is 15.3. The van der Waals surface area contributed by atoms with Crippen LogP contribution in [0.5, 0.6) is 5.75 Å². The molecule has 2 aromatic rings. The Morgan fingerprint density at radius 3 is 2.48 bits per heavy atom. The molecule has 0 aromatic heterocycles. The summed E-state index contributed by atoms with van der Waals surface area (Å²) in [4.78, 5) is 0. The van der Waals surface area contributed by atoms with Crippen LogP contribution in [-0.2, 0) is 13.2 Å². The maximum Gasteiger partial charge on any atom is 0.142 e. The molecule has 2 rings (SSSR count). The first-order chi connectivity index (χ1) is 11.0. The fraction of sp³-hybridized carbons (Fsp3) is 0.368. The second-order valence-corrected chi connectivity index (χ2v) is 6.68. The lowest BCUT2D eigenvalue weighted by Crippen LogP contribution is -2.24. The van der Waals surface area contributed by atoms with Crippen molar-refractivity contribution in [1.82, 2.24) is 5.32 Å². The van der Waals surface area contributed by atoms with Crippen molar-refractivity contribution in [3.63, 3.8) is 0 Å². The number of benzene rings is 2. The molecular weight excluding hydrogens is 329 g/mol. The molecule has 0 amide bonds. The highest BCUT2D eigenvalue weighted by atomic mass is 35.5. The fourth-order valence-electron chi connectivity index (χ4n) is 2.17. The highest BCUT2D eigenvalue weighted by Gasteiger charge is 2.12. The number of aryl methyl sites for hydroxylation is 1. The first-order valence-electron chi connectivity index (χ1n) is 7.89. The van der Waals surface area contributed by atoms with Crippen LogP contribution in [0.3, 0.4) is 0 Å². The lowest BCUT2D eigenvalue weighted by Gasteiger charge is -2.17. The van der Waals surface area contributed by atoms with Gasteiger partial charge in [-0.05, 0) is 38.0 Å². The highest BCUT2D eigenvalue weighted by Crippen LogP contribution is 2.33. The van der Waals surface area contributed by atoms with Gasteiger partial charge in [0.25, 0.3) is 0 Å². The van der Waals surface area contributed by atoms with E-state index >= 15 is 0 Å². The molecule has 0 aliphatic rings. The van der Waals surface area contributed by atoms with Crippen LogP contribution in [0.2, 0.25) is 10.0 Å². The number of nitrogens with one attached hydrogen (secondary N) is 1. The molecule has 2 aromatic carbocycles. The minimum atomic E-state index is 0.428. The largest absolute Gasteiger partial charge is 0.487 e. The SMILES string of the molecule is CCC(C)NCc1cc(Cl)cc(Cl)c1OCc1ccc(C)cc1. The molecule has 0 spiro atoms. The van der Waals surface area contributed by atoms with E-state index in [1.54, 1.807) is 6.07 Å². The molecule has 0 saturated heterocycles. The van der Waals surface area contributed by atoms with Gasteiger partial charge < -0.3 is 10.1 Å². The van der Waals surface area contributed by atoms with E-state index in [0.29, 0.717) is 35.0 Å². The minimum absolute atomic E-state index is 0.428. The summed E-state index contributed by atoms with van der Waals surface area (Å²) in [7, 11) is 0. The molecular formula is C19H23Cl2NO. The van der Waals surface area contributed by atoms with E-state index in [1.807, 2.05) is 6.07 Å². The molecule has 0 heterocycles. The Bertz CT molecular complexity index is 641. The molecule has 0 aliphatic carbocycles. The van der Waals surface area contributed by atoms with E-state index in [0.717, 1.165) is 17.5 Å². The Morgan fingerprint density at radius 2 is 1.83 bits per heavy atom. The average Bonchev–Trinajstić information content (AvgIpc) is 2.53. The Kier molecular flexibility index (Phi) is 6.76. The third-order valence-corrected chi connectivity index (χ3v) is 4.34. The van der Waals surface area contributed by atoms with Crippen molar-refractivity contribution in [2.75, 3.05) is 0 Å². The van der Waals surface area contributed by atoms with Gasteiger partial charge in [0.2, 0.25) is 0 Å². The Morgan fingerprint density at radius 1 is 1.13 bits per heavy atom. The monoisotopic (exact) mass is 351 g/mol. The fourth-order valence-corrected chi connectivity index (χ4v) is 2.77. The van der Waals surface area contributed by atoms with Gasteiger partial charge >= 0.3 is 0 Å². The van der Waals surface area contributed by atoms with Gasteiger partial charge in [0.05, 0.1) is 5.02 Å². The first kappa shape index (κ1) is 18.1. The van der Waals surface area contributed by atoms with Crippen molar-refractivity contribution in [1.29, 1.82) is 0 Å². The molecule has 1 atom stereocenters. The van der Waals surface area contributed by atoms with E-state index < -0.39 is 0 Å². The molecule has 0 aliphatic heterocycles. The van der Waals surface area contributed by atoms with Crippen molar-refractivity contribution in [2.24, 2.45) is 0 Å². The van der Waals surface area contributed by atoms with Gasteiger partial charge in [-0.3, -0.25) is 0 Å². The van der Waals surface area contributed by atoms with E-state index in [9.17, 15) is 0 Å². The van der Waals surface area contributed by atoms with Crippen LogP contribution in [0.4, 0.5) is 0 Å². The van der Waals surface area contributed by atoms with Crippen LogP contribution in [0, 0.1) is 6.92 Å². The third kappa shape index (κ3) is 5.42. The van der Waals surface area contributed by atoms with Crippen LogP contribution >= 0.6 is 23.2 Å². The van der Waals surface area contributed by atoms with Crippen molar-refractivity contribution >= 4 is 23.2 Å². The quantitative estimate of drug-likeness (QED) is 0.683. The third-order valence-electron chi connectivity index (χ3n) is 3.84. The summed E-state index contributed by atoms with van der Waals surface area (Å²) in [5, 5.41) is 4.62. The van der Waals surface area contributed by atoms with Gasteiger partial charge in [0.1, 0.15) is 12.4 Å². The van der Waals surface area contributed by atoms with Gasteiger partial charge in [-0.1, -0.05) is 60.0 Å². The highest BCUT2D eigenvalue weighted by molar-refractivity contribution is 6.35. The Balaban J connectivity index is 2.13. The molecule has 1 unspecified atom stereocenters. The first-order valence-corrected chi connectivity index (χ1v) is 8.64. The molecule has 1 N–H and O–H groups in total. The lowest BCUT2D eigenvalue weighted by molar-refractivity contribution is 0.301. The number of hydrogen-bond acceptors (Lipinski definition) is 2. The predicted octanol–water partition coefficient (Wildman–Crippen LogP) is 5.77. The van der Waals surface area contributed by atoms with Crippen molar-refractivity contribution in [3.05, 3.63) is 63.1 Å². The van der Waals surface area contributed by atoms with E-state index in [1.165, 1.54) is 5.56 Å². The normalized spacial score (nSPS) is 12.2. The van der Waals surface area contributed by atoms with Gasteiger partial charge in [-0.15, -0.1) is 0 Å². The number of hydrogen-bond donors (Lipinski definition) is 1. The maximum atomic E-state index is 6.34. The van der Waals surface area contributed by atoms with E-state index in [2.05, 4.69) is 50.4 Å².